The van der Waals surface area contributed by atoms with Crippen molar-refractivity contribution in [2.75, 3.05) is 0 Å². The maximum Gasteiger partial charge on any atom is 0.167 e. The molecule has 2 aromatic rings. The molecule has 0 heterocycles. The molecule has 2 rings (SSSR count). The zero-order valence-electron chi connectivity index (χ0n) is 11.8. The van der Waals surface area contributed by atoms with Crippen molar-refractivity contribution in [1.29, 1.82) is 0 Å². The van der Waals surface area contributed by atoms with Crippen LogP contribution in [-0.2, 0) is 6.42 Å². The molecule has 0 saturated heterocycles. The third kappa shape index (κ3) is 3.54. The largest absolute Gasteiger partial charge is 0.294 e. The molecule has 0 radical (unpaired) electrons. The summed E-state index contributed by atoms with van der Waals surface area (Å²) in [5.74, 6) is 0.681. The van der Waals surface area contributed by atoms with Crippen molar-refractivity contribution >= 4 is 5.78 Å². The molecule has 0 aliphatic carbocycles. The van der Waals surface area contributed by atoms with Crippen LogP contribution in [0.2, 0.25) is 0 Å². The molecule has 98 valence electrons. The monoisotopic (exact) mass is 252 g/mol. The molecule has 1 heteroatoms. The first-order chi connectivity index (χ1) is 9.06. The number of aryl methyl sites for hydroxylation is 1. The minimum Gasteiger partial charge on any atom is -0.294 e. The lowest BCUT2D eigenvalue weighted by molar-refractivity contribution is 0.0993. The topological polar surface area (TPSA) is 17.1 Å². The lowest BCUT2D eigenvalue weighted by Crippen LogP contribution is -2.03. The first-order valence-corrected chi connectivity index (χ1v) is 6.75. The molecule has 0 spiro atoms. The predicted molar refractivity (Wildman–Crippen MR) is 79.7 cm³/mol. The highest BCUT2D eigenvalue weighted by molar-refractivity contribution is 5.97. The first-order valence-electron chi connectivity index (χ1n) is 6.75. The number of hydrogen-bond donors (Lipinski definition) is 0. The highest BCUT2D eigenvalue weighted by Crippen LogP contribution is 2.16. The van der Waals surface area contributed by atoms with E-state index in [0.717, 1.165) is 11.1 Å². The van der Waals surface area contributed by atoms with Gasteiger partial charge >= 0.3 is 0 Å². The van der Waals surface area contributed by atoms with Crippen LogP contribution in [0.1, 0.15) is 46.8 Å². The summed E-state index contributed by atoms with van der Waals surface area (Å²) in [6.07, 6.45) is 0.474. The normalized spacial score (nSPS) is 10.7. The van der Waals surface area contributed by atoms with Crippen LogP contribution in [0.4, 0.5) is 0 Å². The summed E-state index contributed by atoms with van der Waals surface area (Å²) in [6.45, 7) is 6.36. The average Bonchev–Trinajstić information content (AvgIpc) is 2.41. The van der Waals surface area contributed by atoms with Gasteiger partial charge in [0.2, 0.25) is 0 Å². The molecule has 0 fully saturated rings. The average molecular weight is 252 g/mol. The second kappa shape index (κ2) is 5.83. The highest BCUT2D eigenvalue weighted by atomic mass is 16.1. The molecule has 0 atom stereocenters. The molecular weight excluding hydrogens is 232 g/mol. The molecule has 0 saturated carbocycles. The van der Waals surface area contributed by atoms with Crippen LogP contribution in [0.25, 0.3) is 0 Å². The van der Waals surface area contributed by atoms with Gasteiger partial charge in [-0.05, 0) is 24.0 Å². The van der Waals surface area contributed by atoms with E-state index in [9.17, 15) is 4.79 Å². The Hall–Kier alpha value is -1.89. The van der Waals surface area contributed by atoms with Gasteiger partial charge < -0.3 is 0 Å². The van der Waals surface area contributed by atoms with Gasteiger partial charge in [-0.25, -0.2) is 0 Å². The SMILES string of the molecule is Cc1ccc(CC(=O)c2ccc(C(C)C)cc2)cc1. The van der Waals surface area contributed by atoms with Crippen LogP contribution in [0.15, 0.2) is 48.5 Å². The van der Waals surface area contributed by atoms with Crippen LogP contribution < -0.4 is 0 Å². The standard InChI is InChI=1S/C18H20O/c1-13(2)16-8-10-17(11-9-16)18(19)12-15-6-4-14(3)5-7-15/h4-11,13H,12H2,1-3H3. The van der Waals surface area contributed by atoms with Gasteiger partial charge in [-0.15, -0.1) is 0 Å². The van der Waals surface area contributed by atoms with E-state index in [1.54, 1.807) is 0 Å². The Kier molecular flexibility index (Phi) is 4.16. The number of benzene rings is 2. The summed E-state index contributed by atoms with van der Waals surface area (Å²) < 4.78 is 0. The van der Waals surface area contributed by atoms with Crippen molar-refractivity contribution < 1.29 is 4.79 Å². The van der Waals surface area contributed by atoms with Gasteiger partial charge in [-0.3, -0.25) is 4.79 Å². The van der Waals surface area contributed by atoms with E-state index in [0.29, 0.717) is 12.3 Å². The van der Waals surface area contributed by atoms with E-state index in [-0.39, 0.29) is 5.78 Å². The fourth-order valence-corrected chi connectivity index (χ4v) is 2.05. The maximum absolute atomic E-state index is 12.2. The van der Waals surface area contributed by atoms with Crippen LogP contribution >= 0.6 is 0 Å². The van der Waals surface area contributed by atoms with Crippen LogP contribution in [0.5, 0.6) is 0 Å². The van der Waals surface area contributed by atoms with Gasteiger partial charge in [0, 0.05) is 12.0 Å². The second-order valence-corrected chi connectivity index (χ2v) is 5.36. The van der Waals surface area contributed by atoms with E-state index in [4.69, 9.17) is 0 Å². The van der Waals surface area contributed by atoms with Crippen LogP contribution in [0, 0.1) is 6.92 Å². The summed E-state index contributed by atoms with van der Waals surface area (Å²) in [4.78, 5) is 12.2. The Morgan fingerprint density at radius 1 is 0.947 bits per heavy atom. The molecule has 0 bridgehead atoms. The minimum atomic E-state index is 0.180. The summed E-state index contributed by atoms with van der Waals surface area (Å²) in [5.41, 5.74) is 4.36. The maximum atomic E-state index is 12.2. The summed E-state index contributed by atoms with van der Waals surface area (Å²) in [6, 6.07) is 16.1. The Bertz CT molecular complexity index is 547. The molecule has 0 aliphatic heterocycles. The Balaban J connectivity index is 2.09. The van der Waals surface area contributed by atoms with E-state index >= 15 is 0 Å². The van der Waals surface area contributed by atoms with Gasteiger partial charge in [0.25, 0.3) is 0 Å². The summed E-state index contributed by atoms with van der Waals surface area (Å²) >= 11 is 0. The van der Waals surface area contributed by atoms with Crippen LogP contribution in [0.3, 0.4) is 0 Å². The fourth-order valence-electron chi connectivity index (χ4n) is 2.05. The van der Waals surface area contributed by atoms with E-state index in [1.165, 1.54) is 11.1 Å². The zero-order valence-corrected chi connectivity index (χ0v) is 11.8. The van der Waals surface area contributed by atoms with Gasteiger partial charge in [0.15, 0.2) is 5.78 Å². The van der Waals surface area contributed by atoms with Gasteiger partial charge in [0.1, 0.15) is 0 Å². The van der Waals surface area contributed by atoms with Gasteiger partial charge in [-0.1, -0.05) is 67.9 Å². The third-order valence-electron chi connectivity index (χ3n) is 3.38. The molecule has 0 amide bonds. The van der Waals surface area contributed by atoms with Crippen molar-refractivity contribution in [2.45, 2.75) is 33.1 Å². The van der Waals surface area contributed by atoms with Gasteiger partial charge in [0.05, 0.1) is 0 Å². The minimum absolute atomic E-state index is 0.180. The Morgan fingerprint density at radius 3 is 2.05 bits per heavy atom. The Labute approximate surface area is 115 Å². The molecule has 0 aliphatic rings. The lowest BCUT2D eigenvalue weighted by Gasteiger charge is -2.06. The molecule has 0 unspecified atom stereocenters. The van der Waals surface area contributed by atoms with Crippen molar-refractivity contribution in [1.82, 2.24) is 0 Å². The highest BCUT2D eigenvalue weighted by Gasteiger charge is 2.07. The molecule has 2 aromatic carbocycles. The molecule has 0 aromatic heterocycles. The lowest BCUT2D eigenvalue weighted by atomic mass is 9.98. The Morgan fingerprint density at radius 2 is 1.53 bits per heavy atom. The number of carbonyl (C=O) groups excluding carboxylic acids is 1. The number of rotatable bonds is 4. The van der Waals surface area contributed by atoms with E-state index in [2.05, 4.69) is 20.8 Å². The van der Waals surface area contributed by atoms with Crippen molar-refractivity contribution in [3.63, 3.8) is 0 Å². The number of Topliss-reactive ketones (excluding diaryl/α,β-unsaturated/α-hetero) is 1. The van der Waals surface area contributed by atoms with E-state index < -0.39 is 0 Å². The van der Waals surface area contributed by atoms with Crippen LogP contribution in [-0.4, -0.2) is 5.78 Å². The number of ketones is 1. The van der Waals surface area contributed by atoms with E-state index in [1.807, 2.05) is 48.5 Å². The predicted octanol–water partition coefficient (Wildman–Crippen LogP) is 4.54. The summed E-state index contributed by atoms with van der Waals surface area (Å²) in [7, 11) is 0. The third-order valence-corrected chi connectivity index (χ3v) is 3.38. The van der Waals surface area contributed by atoms with Crippen molar-refractivity contribution in [3.05, 3.63) is 70.8 Å². The van der Waals surface area contributed by atoms with Crippen molar-refractivity contribution in [3.8, 4) is 0 Å². The fraction of sp³-hybridized carbons (Fsp3) is 0.278. The smallest absolute Gasteiger partial charge is 0.167 e. The quantitative estimate of drug-likeness (QED) is 0.730. The van der Waals surface area contributed by atoms with Gasteiger partial charge in [-0.2, -0.15) is 0 Å². The van der Waals surface area contributed by atoms with Crippen molar-refractivity contribution in [2.24, 2.45) is 0 Å². The first kappa shape index (κ1) is 13.5. The zero-order chi connectivity index (χ0) is 13.8. The molecule has 1 nitrogen and oxygen atoms in total. The number of carbonyl (C=O) groups is 1. The molecular formula is C18H20O. The molecule has 19 heavy (non-hydrogen) atoms. The second-order valence-electron chi connectivity index (χ2n) is 5.36. The summed E-state index contributed by atoms with van der Waals surface area (Å²) in [5, 5.41) is 0. The number of hydrogen-bond acceptors (Lipinski definition) is 1. The molecule has 0 N–H and O–H groups in total.